The van der Waals surface area contributed by atoms with Crippen LogP contribution in [0, 0.1) is 23.7 Å². The maximum Gasteiger partial charge on any atom is 0.220 e. The molecule has 103 heavy (non-hydrogen) atoms. The molecule has 600 valence electrons. The lowest BCUT2D eigenvalue weighted by Gasteiger charge is -2.40. The first-order valence-corrected chi connectivity index (χ1v) is 37.9. The zero-order chi connectivity index (χ0) is 76.5. The summed E-state index contributed by atoms with van der Waals surface area (Å²) in [5.74, 6) is -2.89. The van der Waals surface area contributed by atoms with Gasteiger partial charge in [-0.05, 0) is 109 Å². The Bertz CT molecular complexity index is 2140. The Balaban J connectivity index is 0.00000876. The number of carbonyl (C=O) groups excluding carboxylic acids is 8. The van der Waals surface area contributed by atoms with Crippen molar-refractivity contribution in [3.8, 4) is 0 Å². The van der Waals surface area contributed by atoms with Crippen LogP contribution in [0.1, 0.15) is 215 Å². The molecule has 16 N–H and O–H groups in total. The monoisotopic (exact) mass is 1480 g/mol. The van der Waals surface area contributed by atoms with Crippen molar-refractivity contribution < 1.29 is 117 Å². The van der Waals surface area contributed by atoms with E-state index in [9.17, 15) is 84.3 Å². The van der Waals surface area contributed by atoms with E-state index in [1.165, 1.54) is 0 Å². The van der Waals surface area contributed by atoms with Gasteiger partial charge in [-0.2, -0.15) is 0 Å². The summed E-state index contributed by atoms with van der Waals surface area (Å²) in [6, 6.07) is 0. The minimum absolute atomic E-state index is 0.0151. The van der Waals surface area contributed by atoms with E-state index in [1.807, 2.05) is 0 Å². The van der Waals surface area contributed by atoms with Gasteiger partial charge in [0.15, 0.2) is 18.9 Å². The van der Waals surface area contributed by atoms with Crippen molar-refractivity contribution in [3.63, 3.8) is 0 Å². The topological polar surface area (TPSA) is 467 Å². The molecule has 0 bridgehead atoms. The number of nitrogens with one attached hydrogen (secondary N) is 7. The molecule has 31 nitrogen and oxygen atoms in total. The number of aliphatic hydroxyl groups is 9. The van der Waals surface area contributed by atoms with Gasteiger partial charge in [0, 0.05) is 154 Å². The van der Waals surface area contributed by atoms with E-state index in [4.69, 9.17) is 33.2 Å². The number of ketones is 1. The Kier molecular flexibility index (Phi) is 51.0. The fourth-order valence-electron chi connectivity index (χ4n) is 11.8. The number of ether oxygens (including phenoxy) is 7. The Labute approximate surface area is 610 Å². The molecule has 3 aliphatic rings. The van der Waals surface area contributed by atoms with Gasteiger partial charge in [-0.25, -0.2) is 0 Å². The van der Waals surface area contributed by atoms with Crippen molar-refractivity contribution in [2.75, 3.05) is 92.6 Å². The first-order valence-electron chi connectivity index (χ1n) is 37.9. The average Bonchev–Trinajstić information content (AvgIpc) is 0.834. The van der Waals surface area contributed by atoms with E-state index >= 15 is 0 Å². The number of amides is 7. The quantitative estimate of drug-likeness (QED) is 0.0381. The molecule has 3 fully saturated rings. The molecule has 3 heterocycles. The maximum atomic E-state index is 14.0. The standard InChI is InChI=1S/C68H123N7O24.C4H10/c1-45-59(87)62(90)49(42-76)97-65(45)94-39-14-8-21-52(80)70-33-12-7-20-48(79)26-29-68(75-58(86)25-17-24-55(83)69-32-11-5-6-13-38-93-4,30-27-56(84)73-36-18-34-71-53(81)22-9-15-40-95-66-46(2)60(88)63(91)50(43-77)98-66)31-28-57(85)74-37-19-35-72-54(82)23-10-16-41-96-67-47(3)61(89)64(92)51(44-78)99-67;1-4(2)3/h45-47,49-51,59-67,76-78,87-92H,5-44H2,1-4H3,(H,69,83)(H,70,80)(H,71,81)(H,72,82)(H,73,84)(H,74,85)(H,75,86);4H,1-3H3/t45?,46?,47?,49?,50?,51?,59-,60-,61-,62+,63+,64+,65-,66-,67-,68?;/m1./s1. The van der Waals surface area contributed by atoms with Crippen LogP contribution >= 0.6 is 0 Å². The summed E-state index contributed by atoms with van der Waals surface area (Å²) < 4.78 is 39.1. The molecule has 31 heteroatoms. The van der Waals surface area contributed by atoms with E-state index in [0.717, 1.165) is 31.6 Å². The van der Waals surface area contributed by atoms with Crippen LogP contribution in [0.3, 0.4) is 0 Å². The summed E-state index contributed by atoms with van der Waals surface area (Å²) in [6.45, 7) is 13.1. The van der Waals surface area contributed by atoms with Crippen LogP contribution in [-0.2, 0) is 71.5 Å². The SMILES string of the molecule is CC(C)C.COCCCCCCNC(=O)CCCC(=O)NC(CCC(=O)CCCCNC(=O)CCCCO[C@@H]1OC(CO)[C@H](O)[C@H](O)C1C)(CCC(=O)NCCCNC(=O)CCCCO[C@@H]1OC(CO)[C@H](O)[C@H](O)C1C)CCC(=O)NCCCNC(=O)CCCCO[C@@H]1OC(CO)[C@H](O)[C@H](O)C1C. The third kappa shape index (κ3) is 40.7. The maximum absolute atomic E-state index is 14.0. The first-order chi connectivity index (χ1) is 49.2. The van der Waals surface area contributed by atoms with Gasteiger partial charge in [0.2, 0.25) is 41.4 Å². The summed E-state index contributed by atoms with van der Waals surface area (Å²) in [4.78, 5) is 106. The van der Waals surface area contributed by atoms with Gasteiger partial charge in [0.05, 0.1) is 38.1 Å². The van der Waals surface area contributed by atoms with E-state index in [-0.39, 0.29) is 171 Å². The van der Waals surface area contributed by atoms with Crippen LogP contribution in [-0.4, -0.2) is 265 Å². The lowest BCUT2D eigenvalue weighted by atomic mass is 9.82. The van der Waals surface area contributed by atoms with Crippen LogP contribution in [0.2, 0.25) is 0 Å². The molecule has 6 unspecified atom stereocenters. The first kappa shape index (κ1) is 94.4. The Morgan fingerprint density at radius 1 is 0.350 bits per heavy atom. The van der Waals surface area contributed by atoms with Gasteiger partial charge in [-0.15, -0.1) is 0 Å². The van der Waals surface area contributed by atoms with Gasteiger partial charge in [-0.3, -0.25) is 38.4 Å². The molecule has 0 aromatic rings. The van der Waals surface area contributed by atoms with Gasteiger partial charge in [0.25, 0.3) is 0 Å². The van der Waals surface area contributed by atoms with E-state index in [1.54, 1.807) is 27.9 Å². The predicted molar refractivity (Wildman–Crippen MR) is 380 cm³/mol. The summed E-state index contributed by atoms with van der Waals surface area (Å²) in [7, 11) is 1.65. The molecule has 0 radical (unpaired) electrons. The number of rotatable bonds is 55. The van der Waals surface area contributed by atoms with Gasteiger partial charge in [-0.1, -0.05) is 54.4 Å². The van der Waals surface area contributed by atoms with E-state index in [2.05, 4.69) is 58.0 Å². The molecule has 7 amide bonds. The largest absolute Gasteiger partial charge is 0.394 e. The minimum atomic E-state index is -1.24. The smallest absolute Gasteiger partial charge is 0.220 e. The van der Waals surface area contributed by atoms with E-state index in [0.29, 0.717) is 83.9 Å². The molecule has 0 aromatic carbocycles. The zero-order valence-electron chi connectivity index (χ0n) is 62.7. The third-order valence-electron chi connectivity index (χ3n) is 18.4. The molecule has 0 aromatic heterocycles. The van der Waals surface area contributed by atoms with Crippen molar-refractivity contribution in [1.29, 1.82) is 0 Å². The van der Waals surface area contributed by atoms with Gasteiger partial charge in [0.1, 0.15) is 42.4 Å². The zero-order valence-corrected chi connectivity index (χ0v) is 62.7. The Hall–Kier alpha value is -4.68. The minimum Gasteiger partial charge on any atom is -0.394 e. The second-order valence-electron chi connectivity index (χ2n) is 28.3. The molecule has 0 aliphatic carbocycles. The van der Waals surface area contributed by atoms with E-state index < -0.39 is 123 Å². The highest BCUT2D eigenvalue weighted by Crippen LogP contribution is 2.31. The number of hydrogen-bond acceptors (Lipinski definition) is 24. The van der Waals surface area contributed by atoms with Crippen molar-refractivity contribution >= 4 is 47.1 Å². The summed E-state index contributed by atoms with van der Waals surface area (Å²) in [5, 5.41) is 110. The summed E-state index contributed by atoms with van der Waals surface area (Å²) >= 11 is 0. The fraction of sp³-hybridized carbons (Fsp3) is 0.889. The van der Waals surface area contributed by atoms with Crippen molar-refractivity contribution in [2.45, 2.75) is 294 Å². The van der Waals surface area contributed by atoms with Crippen LogP contribution < -0.4 is 37.2 Å². The lowest BCUT2D eigenvalue weighted by Crippen LogP contribution is -2.55. The molecule has 15 atom stereocenters. The van der Waals surface area contributed by atoms with Crippen molar-refractivity contribution in [1.82, 2.24) is 37.2 Å². The number of aliphatic hydroxyl groups excluding tert-OH is 9. The predicted octanol–water partition coefficient (Wildman–Crippen LogP) is 1.22. The molecular formula is C72H133N7O24. The second kappa shape index (κ2) is 55.7. The summed E-state index contributed by atoms with van der Waals surface area (Å²) in [6.07, 6.45) is -3.30. The van der Waals surface area contributed by atoms with Gasteiger partial charge >= 0.3 is 0 Å². The third-order valence-corrected chi connectivity index (χ3v) is 18.4. The average molecular weight is 1480 g/mol. The number of Topliss-reactive ketones (excluding diaryl/α,β-unsaturated/α-hetero) is 1. The molecule has 3 saturated heterocycles. The van der Waals surface area contributed by atoms with Crippen molar-refractivity contribution in [2.24, 2.45) is 23.7 Å². The molecule has 0 saturated carbocycles. The number of methoxy groups -OCH3 is 1. The van der Waals surface area contributed by atoms with Crippen LogP contribution in [0.15, 0.2) is 0 Å². The highest BCUT2D eigenvalue weighted by Gasteiger charge is 2.45. The van der Waals surface area contributed by atoms with Gasteiger partial charge < -0.3 is 116 Å². The second-order valence-corrected chi connectivity index (χ2v) is 28.3. The van der Waals surface area contributed by atoms with Crippen LogP contribution in [0.25, 0.3) is 0 Å². The molecule has 3 rings (SSSR count). The molecule has 3 aliphatic heterocycles. The van der Waals surface area contributed by atoms with Crippen LogP contribution in [0.4, 0.5) is 0 Å². The van der Waals surface area contributed by atoms with Crippen molar-refractivity contribution in [3.05, 3.63) is 0 Å². The molecule has 0 spiro atoms. The Morgan fingerprint density at radius 2 is 0.631 bits per heavy atom. The number of hydrogen-bond donors (Lipinski definition) is 16. The highest BCUT2D eigenvalue weighted by atomic mass is 16.7. The normalized spacial score (nSPS) is 25.3. The fourth-order valence-corrected chi connectivity index (χ4v) is 11.8. The number of unbranched alkanes of at least 4 members (excludes halogenated alkanes) is 7. The summed E-state index contributed by atoms with van der Waals surface area (Å²) in [5.41, 5.74) is -1.24. The van der Waals surface area contributed by atoms with Crippen LogP contribution in [0.5, 0.6) is 0 Å². The Morgan fingerprint density at radius 3 is 0.981 bits per heavy atom. The highest BCUT2D eigenvalue weighted by molar-refractivity contribution is 5.82. The lowest BCUT2D eigenvalue weighted by molar-refractivity contribution is -0.282. The molecular weight excluding hydrogens is 1350 g/mol. The number of carbonyl (C=O) groups is 8.